The van der Waals surface area contributed by atoms with Gasteiger partial charge in [-0.25, -0.2) is 0 Å². The van der Waals surface area contributed by atoms with Crippen LogP contribution in [0.25, 0.3) is 10.4 Å². The van der Waals surface area contributed by atoms with E-state index in [1.807, 2.05) is 0 Å². The van der Waals surface area contributed by atoms with Crippen molar-refractivity contribution in [3.63, 3.8) is 0 Å². The summed E-state index contributed by atoms with van der Waals surface area (Å²) in [7, 11) is 0. The minimum Gasteiger partial charge on any atom is -0.265 e. The second-order valence-electron chi connectivity index (χ2n) is 1.03. The van der Waals surface area contributed by atoms with E-state index in [4.69, 9.17) is 5.53 Å². The molecule has 0 saturated carbocycles. The van der Waals surface area contributed by atoms with E-state index in [1.54, 1.807) is 0 Å². The molecule has 0 aromatic rings. The summed E-state index contributed by atoms with van der Waals surface area (Å²) >= 11 is 0. The Morgan fingerprint density at radius 2 is 2.33 bits per heavy atom. The van der Waals surface area contributed by atoms with E-state index in [2.05, 4.69) is 21.6 Å². The van der Waals surface area contributed by atoms with Gasteiger partial charge in [0, 0.05) is 23.5 Å². The fraction of sp³-hybridized carbons (Fsp3) is 0. The molecule has 9 heavy (non-hydrogen) atoms. The van der Waals surface area contributed by atoms with Gasteiger partial charge in [-0.1, -0.05) is 11.7 Å². The third-order valence-corrected chi connectivity index (χ3v) is 0.482. The minimum absolute atomic E-state index is 1.30. The Kier molecular flexibility index (Phi) is 5.35. The van der Waals surface area contributed by atoms with Crippen LogP contribution in [-0.2, 0) is 0 Å². The average molecular weight is 122 g/mol. The first-order valence-electron chi connectivity index (χ1n) is 2.25. The molecule has 0 aliphatic carbocycles. The average Bonchev–Trinajstić information content (AvgIpc) is 1.89. The molecular formula is C5H6N4. The van der Waals surface area contributed by atoms with Crippen LogP contribution >= 0.6 is 0 Å². The number of aliphatic imine (C=N–C) groups is 1. The molecule has 0 unspecified atom stereocenters. The van der Waals surface area contributed by atoms with Gasteiger partial charge >= 0.3 is 0 Å². The molecule has 0 atom stereocenters. The monoisotopic (exact) mass is 122 g/mol. The highest BCUT2D eigenvalue weighted by molar-refractivity contribution is 5.71. The fourth-order valence-electron chi connectivity index (χ4n) is 0.217. The minimum atomic E-state index is 1.30. The molecule has 0 aromatic carbocycles. The first-order chi connectivity index (χ1) is 4.41. The molecule has 4 heteroatoms. The zero-order valence-corrected chi connectivity index (χ0v) is 4.81. The zero-order chi connectivity index (χ0) is 6.95. The van der Waals surface area contributed by atoms with Gasteiger partial charge in [0.15, 0.2) is 0 Å². The summed E-state index contributed by atoms with van der Waals surface area (Å²) in [5.74, 6) is 0. The molecule has 0 fully saturated rings. The van der Waals surface area contributed by atoms with Gasteiger partial charge < -0.3 is 0 Å². The topological polar surface area (TPSA) is 61.1 Å². The molecular weight excluding hydrogens is 116 g/mol. The van der Waals surface area contributed by atoms with Crippen molar-refractivity contribution in [3.8, 4) is 0 Å². The second kappa shape index (κ2) is 6.46. The van der Waals surface area contributed by atoms with Crippen molar-refractivity contribution in [3.05, 3.63) is 35.5 Å². The van der Waals surface area contributed by atoms with Crippen molar-refractivity contribution in [1.82, 2.24) is 0 Å². The number of rotatable bonds is 3. The lowest BCUT2D eigenvalue weighted by molar-refractivity contribution is 1.51. The Balaban J connectivity index is 3.58. The van der Waals surface area contributed by atoms with Crippen LogP contribution in [0.5, 0.6) is 0 Å². The van der Waals surface area contributed by atoms with Crippen molar-refractivity contribution in [2.24, 2.45) is 10.1 Å². The van der Waals surface area contributed by atoms with Crippen LogP contribution < -0.4 is 0 Å². The molecule has 0 N–H and O–H groups in total. The summed E-state index contributed by atoms with van der Waals surface area (Å²) in [6.45, 7) is 3.34. The highest BCUT2D eigenvalue weighted by Crippen LogP contribution is 1.72. The van der Waals surface area contributed by atoms with Crippen molar-refractivity contribution < 1.29 is 0 Å². The maximum absolute atomic E-state index is 7.77. The summed E-state index contributed by atoms with van der Waals surface area (Å²) in [4.78, 5) is 6.10. The van der Waals surface area contributed by atoms with E-state index in [0.29, 0.717) is 0 Å². The van der Waals surface area contributed by atoms with Crippen LogP contribution in [0.15, 0.2) is 35.2 Å². The van der Waals surface area contributed by atoms with Crippen LogP contribution in [0.1, 0.15) is 0 Å². The van der Waals surface area contributed by atoms with Gasteiger partial charge in [0.1, 0.15) is 0 Å². The normalized spacial score (nSPS) is 9.78. The first kappa shape index (κ1) is 7.46. The van der Waals surface area contributed by atoms with Crippen molar-refractivity contribution in [2.75, 3.05) is 0 Å². The van der Waals surface area contributed by atoms with Crippen molar-refractivity contribution in [2.45, 2.75) is 0 Å². The number of nitrogens with zero attached hydrogens (tertiary/aromatic N) is 4. The standard InChI is InChI=1S/C5H6N4/c1-2-7-4-3-5-8-9-6/h2-5H,1H2/b5-3-,7-4-. The molecule has 46 valence electrons. The lowest BCUT2D eigenvalue weighted by atomic mass is 10.7. The molecule has 4 nitrogen and oxygen atoms in total. The van der Waals surface area contributed by atoms with Crippen molar-refractivity contribution >= 4 is 6.21 Å². The smallest absolute Gasteiger partial charge is 0.0266 e. The Morgan fingerprint density at radius 3 is 2.89 bits per heavy atom. The summed E-state index contributed by atoms with van der Waals surface area (Å²) < 4.78 is 0. The van der Waals surface area contributed by atoms with E-state index < -0.39 is 0 Å². The molecule has 0 amide bonds. The lowest BCUT2D eigenvalue weighted by Gasteiger charge is -1.67. The number of hydrogen-bond acceptors (Lipinski definition) is 2. The molecule has 0 aromatic heterocycles. The maximum Gasteiger partial charge on any atom is 0.0266 e. The molecule has 0 bridgehead atoms. The van der Waals surface area contributed by atoms with E-state index in [9.17, 15) is 0 Å². The van der Waals surface area contributed by atoms with Gasteiger partial charge in [-0.3, -0.25) is 4.99 Å². The molecule has 0 saturated heterocycles. The van der Waals surface area contributed by atoms with E-state index in [1.165, 1.54) is 24.7 Å². The van der Waals surface area contributed by atoms with Crippen LogP contribution in [0, 0.1) is 0 Å². The Morgan fingerprint density at radius 1 is 1.56 bits per heavy atom. The van der Waals surface area contributed by atoms with E-state index >= 15 is 0 Å². The Hall–Kier alpha value is -1.54. The van der Waals surface area contributed by atoms with Crippen LogP contribution in [-0.4, -0.2) is 6.21 Å². The predicted octanol–water partition coefficient (Wildman–Crippen LogP) is 2.02. The van der Waals surface area contributed by atoms with Crippen LogP contribution in [0.4, 0.5) is 0 Å². The number of azide groups is 1. The first-order valence-corrected chi connectivity index (χ1v) is 2.25. The summed E-state index contributed by atoms with van der Waals surface area (Å²) in [6, 6.07) is 0. The van der Waals surface area contributed by atoms with Gasteiger partial charge in [-0.15, -0.1) is 0 Å². The SMILES string of the molecule is C=C/N=C\C=C/N=[N+]=[N-]. The van der Waals surface area contributed by atoms with E-state index in [0.717, 1.165) is 0 Å². The zero-order valence-electron chi connectivity index (χ0n) is 4.81. The van der Waals surface area contributed by atoms with Crippen LogP contribution in [0.3, 0.4) is 0 Å². The summed E-state index contributed by atoms with van der Waals surface area (Å²) in [6.07, 6.45) is 5.68. The molecule has 0 heterocycles. The second-order valence-corrected chi connectivity index (χ2v) is 1.03. The Bertz CT molecular complexity index is 173. The molecule has 0 aliphatic heterocycles. The lowest BCUT2D eigenvalue weighted by Crippen LogP contribution is -1.56. The fourth-order valence-corrected chi connectivity index (χ4v) is 0.217. The van der Waals surface area contributed by atoms with Gasteiger partial charge in [-0.05, 0) is 11.6 Å². The molecule has 0 spiro atoms. The van der Waals surface area contributed by atoms with Crippen molar-refractivity contribution in [1.29, 1.82) is 0 Å². The number of allylic oxidation sites excluding steroid dienone is 1. The third-order valence-electron chi connectivity index (χ3n) is 0.482. The van der Waals surface area contributed by atoms with E-state index in [-0.39, 0.29) is 0 Å². The van der Waals surface area contributed by atoms with Gasteiger partial charge in [-0.2, -0.15) is 0 Å². The molecule has 0 aliphatic rings. The highest BCUT2D eigenvalue weighted by Gasteiger charge is 1.57. The summed E-state index contributed by atoms with van der Waals surface area (Å²) in [5, 5.41) is 3.12. The molecule has 0 rings (SSSR count). The predicted molar refractivity (Wildman–Crippen MR) is 37.0 cm³/mol. The largest absolute Gasteiger partial charge is 0.265 e. The highest BCUT2D eigenvalue weighted by atomic mass is 15.1. The maximum atomic E-state index is 7.77. The Labute approximate surface area is 52.8 Å². The van der Waals surface area contributed by atoms with Crippen LogP contribution in [0.2, 0.25) is 0 Å². The van der Waals surface area contributed by atoms with Gasteiger partial charge in [0.05, 0.1) is 0 Å². The third kappa shape index (κ3) is 6.46. The van der Waals surface area contributed by atoms with Gasteiger partial charge in [0.2, 0.25) is 0 Å². The quantitative estimate of drug-likeness (QED) is 0.238. The summed E-state index contributed by atoms with van der Waals surface area (Å²) in [5.41, 5.74) is 7.77. The molecule has 0 radical (unpaired) electrons. The number of hydrogen-bond donors (Lipinski definition) is 0. The van der Waals surface area contributed by atoms with Gasteiger partial charge in [0.25, 0.3) is 0 Å².